The van der Waals surface area contributed by atoms with Crippen LogP contribution in [0.1, 0.15) is 19.4 Å². The van der Waals surface area contributed by atoms with E-state index in [9.17, 15) is 9.18 Å². The minimum Gasteiger partial charge on any atom is -0.497 e. The van der Waals surface area contributed by atoms with Gasteiger partial charge in [0.05, 0.1) is 7.11 Å². The Morgan fingerprint density at radius 1 is 0.939 bits per heavy atom. The van der Waals surface area contributed by atoms with Crippen LogP contribution >= 0.6 is 0 Å². The first-order valence-corrected chi connectivity index (χ1v) is 11.0. The Balaban J connectivity index is 1.77. The number of rotatable bonds is 7. The Morgan fingerprint density at radius 3 is 2.27 bits per heavy atom. The third-order valence-corrected chi connectivity index (χ3v) is 5.78. The topological polar surface area (TPSA) is 43.7 Å². The van der Waals surface area contributed by atoms with E-state index in [0.717, 1.165) is 33.3 Å². The van der Waals surface area contributed by atoms with E-state index in [4.69, 9.17) is 9.47 Å². The molecule has 0 saturated carbocycles. The molecule has 33 heavy (non-hydrogen) atoms. The number of carbonyl (C=O) groups is 1. The van der Waals surface area contributed by atoms with Crippen LogP contribution in [-0.4, -0.2) is 35.8 Å². The molecule has 0 aliphatic carbocycles. The summed E-state index contributed by atoms with van der Waals surface area (Å²) in [4.78, 5) is 14.3. The van der Waals surface area contributed by atoms with Crippen LogP contribution in [0.5, 0.6) is 11.5 Å². The van der Waals surface area contributed by atoms with Crippen molar-refractivity contribution in [2.24, 2.45) is 0 Å². The summed E-state index contributed by atoms with van der Waals surface area (Å²) < 4.78 is 26.8. The molecule has 0 aliphatic heterocycles. The molecule has 4 aromatic rings. The number of ether oxygens (including phenoxy) is 2. The van der Waals surface area contributed by atoms with Crippen LogP contribution in [0.2, 0.25) is 0 Å². The third kappa shape index (κ3) is 4.70. The second kappa shape index (κ2) is 9.77. The second-order valence-corrected chi connectivity index (χ2v) is 7.71. The number of halogens is 1. The van der Waals surface area contributed by atoms with Crippen LogP contribution in [0.3, 0.4) is 0 Å². The van der Waals surface area contributed by atoms with Gasteiger partial charge in [-0.15, -0.1) is 0 Å². The molecule has 0 atom stereocenters. The molecule has 170 valence electrons. The van der Waals surface area contributed by atoms with Crippen LogP contribution in [0.25, 0.3) is 22.0 Å². The number of hydrogen-bond donors (Lipinski definition) is 0. The Labute approximate surface area is 193 Å². The Morgan fingerprint density at radius 2 is 1.64 bits per heavy atom. The Hall–Kier alpha value is -3.80. The molecule has 1 amide bonds. The average Bonchev–Trinajstić information content (AvgIpc) is 3.23. The smallest absolute Gasteiger partial charge is 0.415 e. The van der Waals surface area contributed by atoms with E-state index in [2.05, 4.69) is 4.57 Å². The number of methoxy groups -OCH3 is 1. The van der Waals surface area contributed by atoms with E-state index >= 15 is 0 Å². The quantitative estimate of drug-likeness (QED) is 0.332. The van der Waals surface area contributed by atoms with E-state index in [1.165, 1.54) is 12.1 Å². The van der Waals surface area contributed by atoms with Crippen molar-refractivity contribution < 1.29 is 18.7 Å². The standard InChI is InChI=1S/C27H27FN2O3/c1-4-29(5-2)27(31)33-25-15-14-24-23(26(25)20-8-10-21(28)11-9-20)16-17-30(24)18-19-6-12-22(32-3)13-7-19/h6-17H,4-5,18H2,1-3H3. The molecule has 1 aromatic heterocycles. The summed E-state index contributed by atoms with van der Waals surface area (Å²) in [5.74, 6) is 0.951. The molecule has 0 aliphatic rings. The first kappa shape index (κ1) is 22.4. The fourth-order valence-corrected chi connectivity index (χ4v) is 3.96. The van der Waals surface area contributed by atoms with Crippen LogP contribution in [0.4, 0.5) is 9.18 Å². The number of hydrogen-bond acceptors (Lipinski definition) is 3. The van der Waals surface area contributed by atoms with Gasteiger partial charge in [-0.25, -0.2) is 9.18 Å². The number of aromatic nitrogens is 1. The number of nitrogens with zero attached hydrogens (tertiary/aromatic N) is 2. The van der Waals surface area contributed by atoms with E-state index < -0.39 is 6.09 Å². The molecular weight excluding hydrogens is 419 g/mol. The Kier molecular flexibility index (Phi) is 6.63. The van der Waals surface area contributed by atoms with Gasteiger partial charge in [-0.05, 0) is 67.4 Å². The van der Waals surface area contributed by atoms with Gasteiger partial charge in [-0.3, -0.25) is 0 Å². The SMILES string of the molecule is CCN(CC)C(=O)Oc1ccc2c(ccn2Cc2ccc(OC)cc2)c1-c1ccc(F)cc1. The first-order valence-electron chi connectivity index (χ1n) is 11.0. The van der Waals surface area contributed by atoms with Crippen molar-refractivity contribution in [2.75, 3.05) is 20.2 Å². The van der Waals surface area contributed by atoms with E-state index in [-0.39, 0.29) is 5.82 Å². The maximum Gasteiger partial charge on any atom is 0.415 e. The lowest BCUT2D eigenvalue weighted by atomic mass is 10.0. The maximum atomic E-state index is 13.6. The van der Waals surface area contributed by atoms with Crippen molar-refractivity contribution in [3.8, 4) is 22.6 Å². The number of carbonyl (C=O) groups excluding carboxylic acids is 1. The summed E-state index contributed by atoms with van der Waals surface area (Å²) in [7, 11) is 1.65. The molecule has 0 spiro atoms. The number of fused-ring (bicyclic) bond motifs is 1. The lowest BCUT2D eigenvalue weighted by Gasteiger charge is -2.20. The van der Waals surface area contributed by atoms with Crippen molar-refractivity contribution in [3.63, 3.8) is 0 Å². The Bertz CT molecular complexity index is 1240. The van der Waals surface area contributed by atoms with Gasteiger partial charge in [0.2, 0.25) is 0 Å². The van der Waals surface area contributed by atoms with Crippen LogP contribution in [-0.2, 0) is 6.54 Å². The van der Waals surface area contributed by atoms with Crippen molar-refractivity contribution in [1.82, 2.24) is 9.47 Å². The van der Waals surface area contributed by atoms with Crippen molar-refractivity contribution in [3.05, 3.63) is 84.3 Å². The van der Waals surface area contributed by atoms with Gasteiger partial charge >= 0.3 is 6.09 Å². The van der Waals surface area contributed by atoms with Crippen LogP contribution in [0, 0.1) is 5.82 Å². The molecular formula is C27H27FN2O3. The van der Waals surface area contributed by atoms with E-state index in [0.29, 0.717) is 25.4 Å². The third-order valence-electron chi connectivity index (χ3n) is 5.78. The molecule has 0 bridgehead atoms. The fourth-order valence-electron chi connectivity index (χ4n) is 3.96. The van der Waals surface area contributed by atoms with E-state index in [1.54, 1.807) is 24.1 Å². The molecule has 0 fully saturated rings. The highest BCUT2D eigenvalue weighted by Gasteiger charge is 2.19. The monoisotopic (exact) mass is 446 g/mol. The lowest BCUT2D eigenvalue weighted by molar-refractivity contribution is 0.157. The summed E-state index contributed by atoms with van der Waals surface area (Å²) in [6.45, 7) is 5.61. The maximum absolute atomic E-state index is 13.6. The van der Waals surface area contributed by atoms with Crippen LogP contribution in [0.15, 0.2) is 72.9 Å². The zero-order valence-electron chi connectivity index (χ0n) is 19.0. The highest BCUT2D eigenvalue weighted by Crippen LogP contribution is 2.38. The summed E-state index contributed by atoms with van der Waals surface area (Å²) in [5.41, 5.74) is 3.68. The fraction of sp³-hybridized carbons (Fsp3) is 0.222. The van der Waals surface area contributed by atoms with E-state index in [1.807, 2.05) is 62.5 Å². The van der Waals surface area contributed by atoms with Gasteiger partial charge in [-0.2, -0.15) is 0 Å². The summed E-state index contributed by atoms with van der Waals surface area (Å²) in [6, 6.07) is 20.0. The zero-order valence-corrected chi connectivity index (χ0v) is 19.0. The van der Waals surface area contributed by atoms with Gasteiger partial charge in [0.15, 0.2) is 0 Å². The second-order valence-electron chi connectivity index (χ2n) is 7.71. The highest BCUT2D eigenvalue weighted by molar-refractivity contribution is 5.99. The molecule has 0 unspecified atom stereocenters. The molecule has 0 saturated heterocycles. The summed E-state index contributed by atoms with van der Waals surface area (Å²) >= 11 is 0. The molecule has 0 N–H and O–H groups in total. The predicted molar refractivity (Wildman–Crippen MR) is 128 cm³/mol. The van der Waals surface area contributed by atoms with Crippen molar-refractivity contribution in [1.29, 1.82) is 0 Å². The minimum atomic E-state index is -0.402. The summed E-state index contributed by atoms with van der Waals surface area (Å²) in [5, 5.41) is 0.931. The average molecular weight is 447 g/mol. The van der Waals surface area contributed by atoms with Gasteiger partial charge in [0.25, 0.3) is 0 Å². The molecule has 6 heteroatoms. The minimum absolute atomic E-state index is 0.315. The predicted octanol–water partition coefficient (Wildman–Crippen LogP) is 6.34. The van der Waals surface area contributed by atoms with Crippen molar-refractivity contribution >= 4 is 17.0 Å². The van der Waals surface area contributed by atoms with Crippen molar-refractivity contribution in [2.45, 2.75) is 20.4 Å². The van der Waals surface area contributed by atoms with Crippen LogP contribution < -0.4 is 9.47 Å². The number of amides is 1. The molecule has 3 aromatic carbocycles. The molecule has 1 heterocycles. The summed E-state index contributed by atoms with van der Waals surface area (Å²) in [6.07, 6.45) is 1.61. The number of benzene rings is 3. The van der Waals surface area contributed by atoms with Gasteiger partial charge in [-0.1, -0.05) is 24.3 Å². The lowest BCUT2D eigenvalue weighted by Crippen LogP contribution is -2.33. The zero-order chi connectivity index (χ0) is 23.4. The van der Waals surface area contributed by atoms with Gasteiger partial charge < -0.3 is 18.9 Å². The van der Waals surface area contributed by atoms with Gasteiger partial charge in [0.1, 0.15) is 17.3 Å². The first-order chi connectivity index (χ1) is 16.0. The highest BCUT2D eigenvalue weighted by atomic mass is 19.1. The normalized spacial score (nSPS) is 10.9. The van der Waals surface area contributed by atoms with Gasteiger partial charge in [0, 0.05) is 42.3 Å². The molecule has 0 radical (unpaired) electrons. The molecule has 5 nitrogen and oxygen atoms in total. The largest absolute Gasteiger partial charge is 0.497 e. The molecule has 4 rings (SSSR count).